The Morgan fingerprint density at radius 2 is 0.543 bits per heavy atom. The van der Waals surface area contributed by atoms with Crippen LogP contribution in [0.3, 0.4) is 0 Å². The van der Waals surface area contributed by atoms with Crippen molar-refractivity contribution in [3.05, 3.63) is 0 Å². The van der Waals surface area contributed by atoms with Crippen LogP contribution in [-0.4, -0.2) is 96.7 Å². The van der Waals surface area contributed by atoms with Gasteiger partial charge in [-0.05, 0) is 37.5 Å². The Morgan fingerprint density at radius 1 is 0.309 bits per heavy atom. The molecule has 0 rings (SSSR count). The molecule has 0 amide bonds. The van der Waals surface area contributed by atoms with Crippen molar-refractivity contribution in [1.29, 1.82) is 0 Å². The lowest BCUT2D eigenvalue weighted by Crippen LogP contribution is -2.30. The van der Waals surface area contributed by atoms with E-state index in [0.717, 1.165) is 108 Å². The number of aliphatic hydroxyl groups is 1. The summed E-state index contributed by atoms with van der Waals surface area (Å²) in [6, 6.07) is 0. The molecule has 0 bridgehead atoms. The second-order valence-corrected chi connectivity index (χ2v) is 30.7. The number of rotatable bonds is 74. The third kappa shape index (κ3) is 67.3. The number of hydrogen-bond acceptors (Lipinski definition) is 15. The van der Waals surface area contributed by atoms with Gasteiger partial charge in [-0.1, -0.05) is 337 Å². The maximum atomic E-state index is 13.1. The molecule has 0 saturated heterocycles. The summed E-state index contributed by atoms with van der Waals surface area (Å²) in [5, 5.41) is 10.6. The van der Waals surface area contributed by atoms with Gasteiger partial charge in [-0.25, -0.2) is 9.13 Å². The zero-order valence-electron chi connectivity index (χ0n) is 61.3. The lowest BCUT2D eigenvalue weighted by Gasteiger charge is -2.21. The van der Waals surface area contributed by atoms with E-state index in [1.165, 1.54) is 199 Å². The zero-order chi connectivity index (χ0) is 69.3. The van der Waals surface area contributed by atoms with E-state index in [0.29, 0.717) is 25.7 Å². The van der Waals surface area contributed by atoms with Crippen molar-refractivity contribution in [3.8, 4) is 0 Å². The topological polar surface area (TPSA) is 237 Å². The summed E-state index contributed by atoms with van der Waals surface area (Å²) < 4.78 is 68.4. The highest BCUT2D eigenvalue weighted by Gasteiger charge is 2.30. The average Bonchev–Trinajstić information content (AvgIpc) is 1.28. The number of unbranched alkanes of at least 4 members (excludes halogenated alkanes) is 43. The summed E-state index contributed by atoms with van der Waals surface area (Å²) in [5.41, 5.74) is 0. The molecule has 0 aliphatic heterocycles. The van der Waals surface area contributed by atoms with Gasteiger partial charge in [-0.3, -0.25) is 37.3 Å². The number of hydrogen-bond donors (Lipinski definition) is 3. The third-order valence-corrected chi connectivity index (χ3v) is 19.7. The van der Waals surface area contributed by atoms with Crippen molar-refractivity contribution in [2.24, 2.45) is 11.8 Å². The van der Waals surface area contributed by atoms with Gasteiger partial charge in [0, 0.05) is 25.7 Å². The number of carbonyl (C=O) groups excluding carboxylic acids is 4. The van der Waals surface area contributed by atoms with Crippen LogP contribution in [0.5, 0.6) is 0 Å². The van der Waals surface area contributed by atoms with E-state index >= 15 is 0 Å². The molecule has 0 aromatic carbocycles. The molecule has 3 N–H and O–H groups in total. The highest BCUT2D eigenvalue weighted by Crippen LogP contribution is 2.45. The molecule has 558 valence electrons. The maximum absolute atomic E-state index is 13.1. The number of aliphatic hydroxyl groups excluding tert-OH is 1. The molecule has 3 unspecified atom stereocenters. The molecule has 0 saturated carbocycles. The molecular weight excluding hydrogens is 1230 g/mol. The van der Waals surface area contributed by atoms with Crippen LogP contribution in [0.15, 0.2) is 0 Å². The Bertz CT molecular complexity index is 1820. The van der Waals surface area contributed by atoms with Crippen molar-refractivity contribution in [2.45, 2.75) is 407 Å². The minimum atomic E-state index is -4.96. The predicted molar refractivity (Wildman–Crippen MR) is 381 cm³/mol. The molecule has 17 nitrogen and oxygen atoms in total. The minimum absolute atomic E-state index is 0.105. The average molecular weight is 1380 g/mol. The molecule has 19 heteroatoms. The predicted octanol–water partition coefficient (Wildman–Crippen LogP) is 21.9. The van der Waals surface area contributed by atoms with E-state index < -0.39 is 97.5 Å². The first kappa shape index (κ1) is 92.1. The Hall–Kier alpha value is -1.94. The molecular formula is C75H146O17P2. The molecule has 0 radical (unpaired) electrons. The molecule has 0 heterocycles. The number of ether oxygens (including phenoxy) is 4. The molecule has 0 aliphatic carbocycles. The lowest BCUT2D eigenvalue weighted by atomic mass is 9.99. The fourth-order valence-electron chi connectivity index (χ4n) is 11.4. The van der Waals surface area contributed by atoms with Crippen LogP contribution in [0.1, 0.15) is 388 Å². The second kappa shape index (κ2) is 66.9. The molecule has 0 fully saturated rings. The third-order valence-electron chi connectivity index (χ3n) is 17.8. The van der Waals surface area contributed by atoms with E-state index in [9.17, 15) is 43.2 Å². The van der Waals surface area contributed by atoms with Gasteiger partial charge < -0.3 is 33.8 Å². The van der Waals surface area contributed by atoms with Crippen molar-refractivity contribution in [1.82, 2.24) is 0 Å². The fraction of sp³-hybridized carbons (Fsp3) is 0.947. The van der Waals surface area contributed by atoms with Gasteiger partial charge in [0.2, 0.25) is 0 Å². The molecule has 0 aromatic rings. The summed E-state index contributed by atoms with van der Waals surface area (Å²) in [6.45, 7) is 9.56. The van der Waals surface area contributed by atoms with Crippen molar-refractivity contribution >= 4 is 39.5 Å². The van der Waals surface area contributed by atoms with E-state index in [-0.39, 0.29) is 25.7 Å². The van der Waals surface area contributed by atoms with Gasteiger partial charge in [0.15, 0.2) is 12.2 Å². The largest absolute Gasteiger partial charge is 0.472 e. The van der Waals surface area contributed by atoms with Crippen LogP contribution in [0.4, 0.5) is 0 Å². The molecule has 6 atom stereocenters. The van der Waals surface area contributed by atoms with Gasteiger partial charge >= 0.3 is 39.5 Å². The SMILES string of the molecule is CCCCCCCCCCCCCCCCCCCCCCC(=O)O[C@H](COC(=O)CCCCCCCCCCCCC(C)CC)COP(=O)(O)OC[C@@H](O)COP(=O)(O)OC[C@@H](COC(=O)CCCCCCCCCC)OC(=O)CCCCCCCCCCCC(C)C. The number of phosphoric acid groups is 2. The normalized spacial score (nSPS) is 14.3. The first-order valence-electron chi connectivity index (χ1n) is 39.0. The quantitative estimate of drug-likeness (QED) is 0.0222. The van der Waals surface area contributed by atoms with Crippen LogP contribution in [0.25, 0.3) is 0 Å². The Balaban J connectivity index is 5.20. The number of esters is 4. The molecule has 0 spiro atoms. The molecule has 0 aromatic heterocycles. The number of phosphoric ester groups is 2. The maximum Gasteiger partial charge on any atom is 0.472 e. The highest BCUT2D eigenvalue weighted by molar-refractivity contribution is 7.47. The van der Waals surface area contributed by atoms with Gasteiger partial charge in [0.1, 0.15) is 19.3 Å². The van der Waals surface area contributed by atoms with Crippen LogP contribution in [-0.2, 0) is 65.4 Å². The van der Waals surface area contributed by atoms with Gasteiger partial charge in [0.05, 0.1) is 26.4 Å². The van der Waals surface area contributed by atoms with Crippen LogP contribution < -0.4 is 0 Å². The van der Waals surface area contributed by atoms with Crippen molar-refractivity contribution in [3.63, 3.8) is 0 Å². The highest BCUT2D eigenvalue weighted by atomic mass is 31.2. The summed E-state index contributed by atoms with van der Waals surface area (Å²) in [7, 11) is -9.91. The van der Waals surface area contributed by atoms with Gasteiger partial charge in [0.25, 0.3) is 0 Å². The standard InChI is InChI=1S/C75H146O17P2/c1-7-10-12-14-16-18-19-20-21-22-23-24-25-26-27-28-35-41-47-53-59-74(79)91-71(64-86-73(78)58-52-46-40-34-30-29-33-38-44-50-56-68(6)9-3)66-90-94(83,84)88-62-69(76)61-87-93(81,82)89-65-70(63-85-72(77)57-51-45-39-17-15-13-11-8-2)92-75(80)60-54-48-42-36-31-32-37-43-49-55-67(4)5/h67-71,76H,7-66H2,1-6H3,(H,81,82)(H,83,84)/t68?,69-,70+,71+/m0/s1. The summed E-state index contributed by atoms with van der Waals surface area (Å²) in [4.78, 5) is 72.7. The first-order chi connectivity index (χ1) is 45.4. The van der Waals surface area contributed by atoms with E-state index in [1.807, 2.05) is 0 Å². The monoisotopic (exact) mass is 1380 g/mol. The molecule has 0 aliphatic rings. The fourth-order valence-corrected chi connectivity index (χ4v) is 13.0. The zero-order valence-corrected chi connectivity index (χ0v) is 63.1. The van der Waals surface area contributed by atoms with Gasteiger partial charge in [-0.15, -0.1) is 0 Å². The van der Waals surface area contributed by atoms with Crippen LogP contribution in [0, 0.1) is 11.8 Å². The minimum Gasteiger partial charge on any atom is -0.462 e. The smallest absolute Gasteiger partial charge is 0.462 e. The van der Waals surface area contributed by atoms with E-state index in [1.54, 1.807) is 0 Å². The Morgan fingerprint density at radius 3 is 0.809 bits per heavy atom. The van der Waals surface area contributed by atoms with Crippen molar-refractivity contribution < 1.29 is 80.2 Å². The summed E-state index contributed by atoms with van der Waals surface area (Å²) >= 11 is 0. The number of carbonyl (C=O) groups is 4. The van der Waals surface area contributed by atoms with Crippen molar-refractivity contribution in [2.75, 3.05) is 39.6 Å². The van der Waals surface area contributed by atoms with Crippen LogP contribution in [0.2, 0.25) is 0 Å². The van der Waals surface area contributed by atoms with Gasteiger partial charge in [-0.2, -0.15) is 0 Å². The Kier molecular flexibility index (Phi) is 65.5. The lowest BCUT2D eigenvalue weighted by molar-refractivity contribution is -0.161. The van der Waals surface area contributed by atoms with E-state index in [2.05, 4.69) is 41.5 Å². The summed E-state index contributed by atoms with van der Waals surface area (Å²) in [6.07, 6.45) is 54.2. The first-order valence-corrected chi connectivity index (χ1v) is 42.0. The van der Waals surface area contributed by atoms with E-state index in [4.69, 9.17) is 37.0 Å². The van der Waals surface area contributed by atoms with Crippen LogP contribution >= 0.6 is 15.6 Å². The summed E-state index contributed by atoms with van der Waals surface area (Å²) in [5.74, 6) is -0.575. The Labute approximate surface area is 575 Å². The molecule has 94 heavy (non-hydrogen) atoms. The second-order valence-electron chi connectivity index (χ2n) is 27.8.